The Balaban J connectivity index is 1.67. The first-order valence-electron chi connectivity index (χ1n) is 8.47. The van der Waals surface area contributed by atoms with Crippen molar-refractivity contribution in [1.82, 2.24) is 4.83 Å². The molecule has 0 saturated heterocycles. The first kappa shape index (κ1) is 19.4. The van der Waals surface area contributed by atoms with E-state index in [2.05, 4.69) is 9.93 Å². The van der Waals surface area contributed by atoms with Gasteiger partial charge in [-0.2, -0.15) is 18.4 Å². The second-order valence-electron chi connectivity index (χ2n) is 5.67. The van der Waals surface area contributed by atoms with Gasteiger partial charge in [-0.15, -0.1) is 0 Å². The van der Waals surface area contributed by atoms with Gasteiger partial charge in [0.1, 0.15) is 11.5 Å². The maximum Gasteiger partial charge on any atom is 0.338 e. The molecule has 28 heavy (non-hydrogen) atoms. The first-order chi connectivity index (χ1) is 13.5. The van der Waals surface area contributed by atoms with Crippen molar-refractivity contribution in [1.29, 1.82) is 0 Å². The number of benzene rings is 2. The van der Waals surface area contributed by atoms with Gasteiger partial charge in [0.05, 0.1) is 23.3 Å². The van der Waals surface area contributed by atoms with Crippen LogP contribution in [0.5, 0.6) is 0 Å². The fourth-order valence-electron chi connectivity index (χ4n) is 2.37. The summed E-state index contributed by atoms with van der Waals surface area (Å²) in [5.74, 6) is 0.551. The van der Waals surface area contributed by atoms with E-state index in [-0.39, 0.29) is 10.9 Å². The Morgan fingerprint density at radius 2 is 1.79 bits per heavy atom. The number of sulfonamides is 1. The van der Waals surface area contributed by atoms with Crippen LogP contribution in [0.25, 0.3) is 11.3 Å². The molecule has 0 amide bonds. The summed E-state index contributed by atoms with van der Waals surface area (Å²) in [7, 11) is -3.73. The fraction of sp³-hybridized carbons (Fsp3) is 0.100. The molecule has 0 aliphatic heterocycles. The predicted molar refractivity (Wildman–Crippen MR) is 104 cm³/mol. The number of hydrazone groups is 1. The summed E-state index contributed by atoms with van der Waals surface area (Å²) < 4.78 is 34.8. The Morgan fingerprint density at radius 3 is 2.46 bits per heavy atom. The lowest BCUT2D eigenvalue weighted by molar-refractivity contribution is 0.0526. The van der Waals surface area contributed by atoms with Crippen LogP contribution in [0.2, 0.25) is 0 Å². The molecule has 1 aromatic heterocycles. The van der Waals surface area contributed by atoms with Gasteiger partial charge in [0.2, 0.25) is 0 Å². The third-order valence-corrected chi connectivity index (χ3v) is 4.96. The minimum absolute atomic E-state index is 0.119. The number of hydrogen-bond donors (Lipinski definition) is 1. The number of hydrogen-bond acceptors (Lipinski definition) is 6. The molecule has 0 atom stereocenters. The summed E-state index contributed by atoms with van der Waals surface area (Å²) in [4.78, 5) is 13.9. The minimum Gasteiger partial charge on any atom is -0.462 e. The molecule has 144 valence electrons. The highest BCUT2D eigenvalue weighted by Crippen LogP contribution is 2.22. The smallest absolute Gasteiger partial charge is 0.338 e. The average Bonchev–Trinajstić information content (AvgIpc) is 3.18. The van der Waals surface area contributed by atoms with Gasteiger partial charge < -0.3 is 9.15 Å². The molecule has 0 saturated carbocycles. The SMILES string of the molecule is CCOC(=O)c1ccc(-c2ccc(C=NNS(=O)(=O)c3ccccc3)o2)cc1. The van der Waals surface area contributed by atoms with Crippen LogP contribution >= 0.6 is 0 Å². The van der Waals surface area contributed by atoms with Crippen LogP contribution in [0.15, 0.2) is 81.1 Å². The quantitative estimate of drug-likeness (QED) is 0.373. The van der Waals surface area contributed by atoms with Crippen molar-refractivity contribution in [3.63, 3.8) is 0 Å². The van der Waals surface area contributed by atoms with E-state index in [0.717, 1.165) is 5.56 Å². The molecule has 8 heteroatoms. The minimum atomic E-state index is -3.73. The maximum atomic E-state index is 12.1. The standard InChI is InChI=1S/C20H18N2O5S/c1-2-26-20(23)16-10-8-15(9-11-16)19-13-12-17(27-19)14-21-22-28(24,25)18-6-4-3-5-7-18/h3-14,22H,2H2,1H3. The summed E-state index contributed by atoms with van der Waals surface area (Å²) in [5.41, 5.74) is 1.21. The van der Waals surface area contributed by atoms with Crippen LogP contribution in [-0.4, -0.2) is 27.2 Å². The normalized spacial score (nSPS) is 11.5. The van der Waals surface area contributed by atoms with Gasteiger partial charge >= 0.3 is 5.97 Å². The molecule has 0 aliphatic rings. The lowest BCUT2D eigenvalue weighted by Crippen LogP contribution is -2.18. The van der Waals surface area contributed by atoms with E-state index in [1.54, 1.807) is 61.5 Å². The molecule has 7 nitrogen and oxygen atoms in total. The molecule has 0 radical (unpaired) electrons. The van der Waals surface area contributed by atoms with Crippen molar-refractivity contribution >= 4 is 22.2 Å². The Labute approximate surface area is 162 Å². The highest BCUT2D eigenvalue weighted by Gasteiger charge is 2.12. The van der Waals surface area contributed by atoms with Crippen molar-refractivity contribution in [2.24, 2.45) is 5.10 Å². The number of nitrogens with one attached hydrogen (secondary N) is 1. The van der Waals surface area contributed by atoms with Crippen molar-refractivity contribution in [3.05, 3.63) is 78.1 Å². The predicted octanol–water partition coefficient (Wildman–Crippen LogP) is 3.44. The van der Waals surface area contributed by atoms with E-state index in [0.29, 0.717) is 23.7 Å². The van der Waals surface area contributed by atoms with E-state index in [1.807, 2.05) is 0 Å². The second-order valence-corrected chi connectivity index (χ2v) is 7.33. The van der Waals surface area contributed by atoms with E-state index in [4.69, 9.17) is 9.15 Å². The molecule has 0 bridgehead atoms. The van der Waals surface area contributed by atoms with Gasteiger partial charge in [0.15, 0.2) is 0 Å². The lowest BCUT2D eigenvalue weighted by atomic mass is 10.1. The van der Waals surface area contributed by atoms with E-state index >= 15 is 0 Å². The van der Waals surface area contributed by atoms with Gasteiger partial charge in [-0.3, -0.25) is 0 Å². The Morgan fingerprint density at radius 1 is 1.07 bits per heavy atom. The molecule has 0 aliphatic carbocycles. The van der Waals surface area contributed by atoms with Gasteiger partial charge in [-0.1, -0.05) is 30.3 Å². The van der Waals surface area contributed by atoms with Crippen molar-refractivity contribution in [2.45, 2.75) is 11.8 Å². The molecular weight excluding hydrogens is 380 g/mol. The Kier molecular flexibility index (Phi) is 5.90. The van der Waals surface area contributed by atoms with Crippen LogP contribution in [0.3, 0.4) is 0 Å². The summed E-state index contributed by atoms with van der Waals surface area (Å²) >= 11 is 0. The highest BCUT2D eigenvalue weighted by atomic mass is 32.2. The van der Waals surface area contributed by atoms with Crippen molar-refractivity contribution in [3.8, 4) is 11.3 Å². The average molecular weight is 398 g/mol. The molecule has 1 heterocycles. The van der Waals surface area contributed by atoms with Crippen LogP contribution in [0, 0.1) is 0 Å². The molecule has 3 rings (SSSR count). The number of nitrogens with zero attached hydrogens (tertiary/aromatic N) is 1. The largest absolute Gasteiger partial charge is 0.462 e. The maximum absolute atomic E-state index is 12.1. The van der Waals surface area contributed by atoms with Gasteiger partial charge in [-0.05, 0) is 43.3 Å². The van der Waals surface area contributed by atoms with Crippen LogP contribution in [-0.2, 0) is 14.8 Å². The summed E-state index contributed by atoms with van der Waals surface area (Å²) in [6, 6.07) is 18.1. The first-order valence-corrected chi connectivity index (χ1v) is 9.95. The molecule has 0 unspecified atom stereocenters. The Hall–Kier alpha value is -3.39. The Bertz CT molecular complexity index is 1070. The zero-order chi connectivity index (χ0) is 20.0. The van der Waals surface area contributed by atoms with Crippen molar-refractivity contribution in [2.75, 3.05) is 6.61 Å². The molecule has 0 fully saturated rings. The fourth-order valence-corrected chi connectivity index (χ4v) is 3.19. The summed E-state index contributed by atoms with van der Waals surface area (Å²) in [5, 5.41) is 3.74. The third kappa shape index (κ3) is 4.66. The van der Waals surface area contributed by atoms with E-state index in [1.165, 1.54) is 18.3 Å². The number of carbonyl (C=O) groups excluding carboxylic acids is 1. The van der Waals surface area contributed by atoms with Crippen LogP contribution < -0.4 is 4.83 Å². The topological polar surface area (TPSA) is 98.0 Å². The van der Waals surface area contributed by atoms with Crippen LogP contribution in [0.4, 0.5) is 0 Å². The molecule has 2 aromatic carbocycles. The number of furan rings is 1. The number of carbonyl (C=O) groups is 1. The number of esters is 1. The lowest BCUT2D eigenvalue weighted by Gasteiger charge is -2.02. The zero-order valence-electron chi connectivity index (χ0n) is 15.0. The molecule has 0 spiro atoms. The second kappa shape index (κ2) is 8.53. The summed E-state index contributed by atoms with van der Waals surface area (Å²) in [6.07, 6.45) is 1.27. The summed E-state index contributed by atoms with van der Waals surface area (Å²) in [6.45, 7) is 2.06. The monoisotopic (exact) mass is 398 g/mol. The molecule has 3 aromatic rings. The van der Waals surface area contributed by atoms with Crippen molar-refractivity contribution < 1.29 is 22.4 Å². The number of rotatable bonds is 7. The highest BCUT2D eigenvalue weighted by molar-refractivity contribution is 7.89. The van der Waals surface area contributed by atoms with Crippen LogP contribution in [0.1, 0.15) is 23.0 Å². The third-order valence-electron chi connectivity index (χ3n) is 3.73. The van der Waals surface area contributed by atoms with Gasteiger partial charge in [-0.25, -0.2) is 4.79 Å². The number of ether oxygens (including phenoxy) is 1. The zero-order valence-corrected chi connectivity index (χ0v) is 15.8. The molecular formula is C20H18N2O5S. The molecule has 1 N–H and O–H groups in total. The van der Waals surface area contributed by atoms with E-state index in [9.17, 15) is 13.2 Å². The van der Waals surface area contributed by atoms with E-state index < -0.39 is 10.0 Å². The van der Waals surface area contributed by atoms with Gasteiger partial charge in [0, 0.05) is 5.56 Å². The van der Waals surface area contributed by atoms with Gasteiger partial charge in [0.25, 0.3) is 10.0 Å².